The lowest BCUT2D eigenvalue weighted by atomic mass is 10.2. The van der Waals surface area contributed by atoms with E-state index < -0.39 is 18.2 Å². The molecule has 1 aliphatic heterocycles. The number of ether oxygens (including phenoxy) is 3. The van der Waals surface area contributed by atoms with Crippen LogP contribution in [0.25, 0.3) is 0 Å². The van der Waals surface area contributed by atoms with Gasteiger partial charge in [-0.1, -0.05) is 0 Å². The molecule has 1 rings (SSSR count). The molecule has 1 fully saturated rings. The highest BCUT2D eigenvalue weighted by atomic mass is 16.7. The van der Waals surface area contributed by atoms with Crippen molar-refractivity contribution < 1.29 is 24.1 Å². The highest BCUT2D eigenvalue weighted by molar-refractivity contribution is 5.81. The number of carbonyl (C=O) groups is 1. The summed E-state index contributed by atoms with van der Waals surface area (Å²) in [6.07, 6.45) is 1.12. The van der Waals surface area contributed by atoms with Crippen LogP contribution in [0, 0.1) is 0 Å². The minimum atomic E-state index is -0.744. The molecule has 1 saturated heterocycles. The third-order valence-corrected chi connectivity index (χ3v) is 1.94. The maximum Gasteiger partial charge on any atom is 0.330 e. The zero-order chi connectivity index (χ0) is 11.3. The van der Waals surface area contributed by atoms with Gasteiger partial charge in [0, 0.05) is 6.08 Å². The van der Waals surface area contributed by atoms with E-state index in [4.69, 9.17) is 14.2 Å². The second-order valence-electron chi connectivity index (χ2n) is 3.18. The highest BCUT2D eigenvalue weighted by Gasteiger charge is 2.26. The SMILES string of the molecule is CCOC(=O)C=C[C@@H]1O[C@H](C)OC[C@H]1O. The predicted octanol–water partition coefficient (Wildman–Crippen LogP) is 0.228. The van der Waals surface area contributed by atoms with Gasteiger partial charge in [-0.25, -0.2) is 4.79 Å². The molecule has 0 unspecified atom stereocenters. The van der Waals surface area contributed by atoms with Gasteiger partial charge in [0.15, 0.2) is 6.29 Å². The molecule has 0 aliphatic carbocycles. The van der Waals surface area contributed by atoms with E-state index in [1.807, 2.05) is 0 Å². The smallest absolute Gasteiger partial charge is 0.330 e. The number of aliphatic hydroxyl groups is 1. The minimum Gasteiger partial charge on any atom is -0.463 e. The van der Waals surface area contributed by atoms with Crippen molar-refractivity contribution >= 4 is 5.97 Å². The van der Waals surface area contributed by atoms with Gasteiger partial charge in [-0.2, -0.15) is 0 Å². The average Bonchev–Trinajstić information content (AvgIpc) is 2.20. The largest absolute Gasteiger partial charge is 0.463 e. The second-order valence-corrected chi connectivity index (χ2v) is 3.18. The van der Waals surface area contributed by atoms with E-state index in [-0.39, 0.29) is 12.9 Å². The Hall–Kier alpha value is -0.910. The van der Waals surface area contributed by atoms with Gasteiger partial charge in [-0.15, -0.1) is 0 Å². The third-order valence-electron chi connectivity index (χ3n) is 1.94. The Bertz CT molecular complexity index is 238. The fourth-order valence-electron chi connectivity index (χ4n) is 1.22. The zero-order valence-electron chi connectivity index (χ0n) is 8.88. The van der Waals surface area contributed by atoms with Crippen LogP contribution >= 0.6 is 0 Å². The van der Waals surface area contributed by atoms with E-state index in [0.717, 1.165) is 0 Å². The summed E-state index contributed by atoms with van der Waals surface area (Å²) in [7, 11) is 0. The minimum absolute atomic E-state index is 0.207. The molecule has 5 nitrogen and oxygen atoms in total. The topological polar surface area (TPSA) is 65.0 Å². The van der Waals surface area contributed by atoms with Crippen molar-refractivity contribution in [2.75, 3.05) is 13.2 Å². The van der Waals surface area contributed by atoms with E-state index in [1.54, 1.807) is 13.8 Å². The van der Waals surface area contributed by atoms with Crippen molar-refractivity contribution in [1.82, 2.24) is 0 Å². The molecule has 1 aliphatic rings. The summed E-state index contributed by atoms with van der Waals surface area (Å²) in [4.78, 5) is 11.0. The third kappa shape index (κ3) is 3.99. The van der Waals surface area contributed by atoms with Gasteiger partial charge >= 0.3 is 5.97 Å². The molecule has 86 valence electrons. The zero-order valence-corrected chi connectivity index (χ0v) is 8.88. The fourth-order valence-corrected chi connectivity index (χ4v) is 1.22. The average molecular weight is 216 g/mol. The Kier molecular flexibility index (Phi) is 4.74. The molecule has 3 atom stereocenters. The van der Waals surface area contributed by atoms with Gasteiger partial charge in [0.05, 0.1) is 13.2 Å². The highest BCUT2D eigenvalue weighted by Crippen LogP contribution is 2.13. The Morgan fingerprint density at radius 1 is 1.67 bits per heavy atom. The monoisotopic (exact) mass is 216 g/mol. The van der Waals surface area contributed by atoms with Crippen LogP contribution < -0.4 is 0 Å². The van der Waals surface area contributed by atoms with Crippen LogP contribution in [0.3, 0.4) is 0 Å². The normalized spacial score (nSPS) is 31.8. The quantitative estimate of drug-likeness (QED) is 0.540. The molecular weight excluding hydrogens is 200 g/mol. The molecule has 1 N–H and O–H groups in total. The van der Waals surface area contributed by atoms with Crippen molar-refractivity contribution in [3.05, 3.63) is 12.2 Å². The Morgan fingerprint density at radius 2 is 2.40 bits per heavy atom. The van der Waals surface area contributed by atoms with Crippen LogP contribution in [0.4, 0.5) is 0 Å². The number of aliphatic hydroxyl groups excluding tert-OH is 1. The van der Waals surface area contributed by atoms with Crippen molar-refractivity contribution in [3.63, 3.8) is 0 Å². The Morgan fingerprint density at radius 3 is 3.07 bits per heavy atom. The summed E-state index contributed by atoms with van der Waals surface area (Å²) in [5.41, 5.74) is 0. The van der Waals surface area contributed by atoms with E-state index in [1.165, 1.54) is 12.2 Å². The first kappa shape index (κ1) is 12.2. The predicted molar refractivity (Wildman–Crippen MR) is 52.1 cm³/mol. The number of carbonyl (C=O) groups excluding carboxylic acids is 1. The molecule has 5 heteroatoms. The maximum absolute atomic E-state index is 11.0. The van der Waals surface area contributed by atoms with E-state index in [9.17, 15) is 9.90 Å². The summed E-state index contributed by atoms with van der Waals surface area (Å²) < 4.78 is 15.0. The van der Waals surface area contributed by atoms with Crippen LogP contribution in [0.15, 0.2) is 12.2 Å². The van der Waals surface area contributed by atoms with Gasteiger partial charge in [-0.3, -0.25) is 0 Å². The molecular formula is C10H16O5. The van der Waals surface area contributed by atoms with Crippen molar-refractivity contribution in [2.24, 2.45) is 0 Å². The summed E-state index contributed by atoms with van der Waals surface area (Å²) in [5, 5.41) is 9.48. The van der Waals surface area contributed by atoms with Gasteiger partial charge in [-0.05, 0) is 19.9 Å². The molecule has 0 amide bonds. The number of hydrogen-bond acceptors (Lipinski definition) is 5. The first-order valence-corrected chi connectivity index (χ1v) is 4.93. The van der Waals surface area contributed by atoms with E-state index >= 15 is 0 Å². The standard InChI is InChI=1S/C10H16O5/c1-3-13-10(12)5-4-9-8(11)6-14-7(2)15-9/h4-5,7-9,11H,3,6H2,1-2H3/t7-,8-,9+/m1/s1. The second kappa shape index (κ2) is 5.85. The van der Waals surface area contributed by atoms with Crippen LogP contribution in [-0.2, 0) is 19.0 Å². The van der Waals surface area contributed by atoms with E-state index in [0.29, 0.717) is 6.61 Å². The molecule has 0 aromatic heterocycles. The fraction of sp³-hybridized carbons (Fsp3) is 0.700. The molecule has 0 aromatic rings. The Labute approximate surface area is 88.6 Å². The Balaban J connectivity index is 2.44. The van der Waals surface area contributed by atoms with Gasteiger partial charge < -0.3 is 19.3 Å². The lowest BCUT2D eigenvalue weighted by Gasteiger charge is -2.30. The lowest BCUT2D eigenvalue weighted by molar-refractivity contribution is -0.230. The molecule has 0 saturated carbocycles. The summed E-state index contributed by atoms with van der Waals surface area (Å²) in [5.74, 6) is -0.438. The lowest BCUT2D eigenvalue weighted by Crippen LogP contribution is -2.41. The first-order chi connectivity index (χ1) is 7.13. The van der Waals surface area contributed by atoms with Crippen LogP contribution in [-0.4, -0.2) is 42.8 Å². The van der Waals surface area contributed by atoms with Crippen LogP contribution in [0.1, 0.15) is 13.8 Å². The number of hydrogen-bond donors (Lipinski definition) is 1. The molecule has 1 heterocycles. The van der Waals surface area contributed by atoms with Crippen molar-refractivity contribution in [3.8, 4) is 0 Å². The molecule has 0 bridgehead atoms. The molecule has 0 aromatic carbocycles. The van der Waals surface area contributed by atoms with Crippen LogP contribution in [0.2, 0.25) is 0 Å². The molecule has 0 radical (unpaired) electrons. The van der Waals surface area contributed by atoms with Crippen molar-refractivity contribution in [1.29, 1.82) is 0 Å². The van der Waals surface area contributed by atoms with Gasteiger partial charge in [0.25, 0.3) is 0 Å². The van der Waals surface area contributed by atoms with Crippen molar-refractivity contribution in [2.45, 2.75) is 32.3 Å². The summed E-state index contributed by atoms with van der Waals surface area (Å²) >= 11 is 0. The van der Waals surface area contributed by atoms with E-state index in [2.05, 4.69) is 0 Å². The number of esters is 1. The molecule has 15 heavy (non-hydrogen) atoms. The van der Waals surface area contributed by atoms with Crippen LogP contribution in [0.5, 0.6) is 0 Å². The number of rotatable bonds is 3. The van der Waals surface area contributed by atoms with Gasteiger partial charge in [0.1, 0.15) is 12.2 Å². The molecule has 0 spiro atoms. The summed E-state index contributed by atoms with van der Waals surface area (Å²) in [6, 6.07) is 0. The summed E-state index contributed by atoms with van der Waals surface area (Å²) in [6.45, 7) is 4.00. The maximum atomic E-state index is 11.0. The van der Waals surface area contributed by atoms with Gasteiger partial charge in [0.2, 0.25) is 0 Å². The first-order valence-electron chi connectivity index (χ1n) is 4.93.